The number of likely N-dealkylation sites (N-methyl/N-ethyl adjacent to an activating group) is 1. The minimum Gasteiger partial charge on any atom is -0.503 e. The molecule has 2 aromatic heterocycles. The van der Waals surface area contributed by atoms with Gasteiger partial charge in [-0.15, -0.1) is 0 Å². The van der Waals surface area contributed by atoms with E-state index < -0.39 is 23.5 Å². The average molecular weight is 445 g/mol. The van der Waals surface area contributed by atoms with Gasteiger partial charge in [0, 0.05) is 29.6 Å². The standard InChI is InChI=1S/C22H21ClN2O6/c1-24(2)6-7-25-18(14-5-4-8-30-14)17(20(27)22(25)28)19(26)15-10-12-9-13(23)11-16(29-3)21(12)31-15/h4-5,8-11,18,27H,6-7H2,1-3H3. The topological polar surface area (TPSA) is 96.4 Å². The number of aliphatic hydroxyl groups is 1. The first kappa shape index (κ1) is 21.0. The van der Waals surface area contributed by atoms with Crippen LogP contribution in [0.2, 0.25) is 5.02 Å². The van der Waals surface area contributed by atoms with Gasteiger partial charge in [0.1, 0.15) is 11.8 Å². The molecule has 3 heterocycles. The molecule has 0 bridgehead atoms. The van der Waals surface area contributed by atoms with Crippen LogP contribution in [-0.2, 0) is 4.79 Å². The van der Waals surface area contributed by atoms with E-state index >= 15 is 0 Å². The van der Waals surface area contributed by atoms with Gasteiger partial charge in [0.15, 0.2) is 22.9 Å². The molecule has 31 heavy (non-hydrogen) atoms. The number of amides is 1. The number of carbonyl (C=O) groups excluding carboxylic acids is 2. The van der Waals surface area contributed by atoms with Crippen molar-refractivity contribution in [2.24, 2.45) is 0 Å². The largest absolute Gasteiger partial charge is 0.503 e. The highest BCUT2D eigenvalue weighted by Crippen LogP contribution is 2.40. The SMILES string of the molecule is COc1cc(Cl)cc2cc(C(=O)C3=C(O)C(=O)N(CCN(C)C)C3c3ccco3)oc12. The summed E-state index contributed by atoms with van der Waals surface area (Å²) in [6.07, 6.45) is 1.45. The van der Waals surface area contributed by atoms with Crippen molar-refractivity contribution in [2.45, 2.75) is 6.04 Å². The summed E-state index contributed by atoms with van der Waals surface area (Å²) in [6.45, 7) is 0.833. The smallest absolute Gasteiger partial charge is 0.290 e. The average Bonchev–Trinajstić information content (AvgIpc) is 3.45. The Bertz CT molecular complexity index is 1180. The van der Waals surface area contributed by atoms with Crippen LogP contribution in [0.1, 0.15) is 22.4 Å². The maximum atomic E-state index is 13.4. The van der Waals surface area contributed by atoms with Crippen LogP contribution in [0.3, 0.4) is 0 Å². The Kier molecular flexibility index (Phi) is 5.51. The zero-order valence-corrected chi connectivity index (χ0v) is 18.0. The van der Waals surface area contributed by atoms with E-state index in [2.05, 4.69) is 0 Å². The number of halogens is 1. The second-order valence-electron chi connectivity index (χ2n) is 7.45. The molecule has 8 nitrogen and oxygen atoms in total. The first-order chi connectivity index (χ1) is 14.8. The van der Waals surface area contributed by atoms with Gasteiger partial charge in [-0.1, -0.05) is 11.6 Å². The molecule has 0 aliphatic carbocycles. The van der Waals surface area contributed by atoms with E-state index in [1.807, 2.05) is 19.0 Å². The molecule has 0 radical (unpaired) electrons. The van der Waals surface area contributed by atoms with Crippen molar-refractivity contribution in [1.29, 1.82) is 0 Å². The highest BCUT2D eigenvalue weighted by atomic mass is 35.5. The van der Waals surface area contributed by atoms with E-state index in [1.165, 1.54) is 24.3 Å². The van der Waals surface area contributed by atoms with Crippen molar-refractivity contribution < 1.29 is 28.3 Å². The number of hydrogen-bond acceptors (Lipinski definition) is 7. The maximum Gasteiger partial charge on any atom is 0.290 e. The van der Waals surface area contributed by atoms with Crippen LogP contribution < -0.4 is 4.74 Å². The first-order valence-corrected chi connectivity index (χ1v) is 9.93. The Morgan fingerprint density at radius 3 is 2.74 bits per heavy atom. The van der Waals surface area contributed by atoms with Crippen LogP contribution in [0.5, 0.6) is 5.75 Å². The molecule has 0 spiro atoms. The number of Topliss-reactive ketones (excluding diaryl/α,β-unsaturated/α-hetero) is 1. The quantitative estimate of drug-likeness (QED) is 0.553. The van der Waals surface area contributed by atoms with Gasteiger partial charge in [0.2, 0.25) is 5.78 Å². The number of ether oxygens (including phenoxy) is 1. The van der Waals surface area contributed by atoms with Crippen LogP contribution in [0.15, 0.2) is 56.8 Å². The predicted molar refractivity (Wildman–Crippen MR) is 113 cm³/mol. The molecule has 0 saturated carbocycles. The second-order valence-corrected chi connectivity index (χ2v) is 7.88. The molecule has 1 aromatic carbocycles. The summed E-state index contributed by atoms with van der Waals surface area (Å²) < 4.78 is 16.5. The Hall–Kier alpha value is -3.23. The summed E-state index contributed by atoms with van der Waals surface area (Å²) in [6, 6.07) is 7.18. The fraction of sp³-hybridized carbons (Fsp3) is 0.273. The fourth-order valence-corrected chi connectivity index (χ4v) is 3.87. The van der Waals surface area contributed by atoms with Gasteiger partial charge in [-0.3, -0.25) is 9.59 Å². The number of hydrogen-bond donors (Lipinski definition) is 1. The number of methoxy groups -OCH3 is 1. The van der Waals surface area contributed by atoms with E-state index in [0.717, 1.165) is 0 Å². The molecular formula is C22H21ClN2O6. The van der Waals surface area contributed by atoms with E-state index in [9.17, 15) is 14.7 Å². The Morgan fingerprint density at radius 1 is 1.32 bits per heavy atom. The summed E-state index contributed by atoms with van der Waals surface area (Å²) in [5.74, 6) is -1.17. The summed E-state index contributed by atoms with van der Waals surface area (Å²) in [4.78, 5) is 29.6. The molecule has 1 unspecified atom stereocenters. The molecule has 3 aromatic rings. The summed E-state index contributed by atoms with van der Waals surface area (Å²) in [7, 11) is 5.21. The van der Waals surface area contributed by atoms with Crippen LogP contribution in [-0.4, -0.2) is 60.9 Å². The zero-order valence-electron chi connectivity index (χ0n) is 17.2. The minimum atomic E-state index is -0.867. The lowest BCUT2D eigenvalue weighted by molar-refractivity contribution is -0.129. The maximum absolute atomic E-state index is 13.4. The van der Waals surface area contributed by atoms with Crippen molar-refractivity contribution in [3.63, 3.8) is 0 Å². The molecule has 1 amide bonds. The van der Waals surface area contributed by atoms with Crippen LogP contribution >= 0.6 is 11.6 Å². The lowest BCUT2D eigenvalue weighted by atomic mass is 9.99. The Morgan fingerprint density at radius 2 is 2.10 bits per heavy atom. The van der Waals surface area contributed by atoms with Crippen LogP contribution in [0.4, 0.5) is 0 Å². The first-order valence-electron chi connectivity index (χ1n) is 9.55. The third-order valence-corrected chi connectivity index (χ3v) is 5.36. The molecule has 1 atom stereocenters. The Labute approximate surface area is 183 Å². The normalized spacial score (nSPS) is 16.7. The number of nitrogens with zero attached hydrogens (tertiary/aromatic N) is 2. The second kappa shape index (κ2) is 8.13. The molecule has 1 aliphatic heterocycles. The molecule has 9 heteroatoms. The number of carbonyl (C=O) groups is 2. The molecule has 162 valence electrons. The van der Waals surface area contributed by atoms with Crippen molar-refractivity contribution in [1.82, 2.24) is 9.80 Å². The van der Waals surface area contributed by atoms with Crippen LogP contribution in [0.25, 0.3) is 11.0 Å². The third-order valence-electron chi connectivity index (χ3n) is 5.14. The van der Waals surface area contributed by atoms with Gasteiger partial charge >= 0.3 is 0 Å². The molecular weight excluding hydrogens is 424 g/mol. The fourth-order valence-electron chi connectivity index (χ4n) is 3.65. The zero-order chi connectivity index (χ0) is 22.3. The van der Waals surface area contributed by atoms with E-state index in [0.29, 0.717) is 40.6 Å². The number of fused-ring (bicyclic) bond motifs is 1. The number of furan rings is 2. The lowest BCUT2D eigenvalue weighted by Gasteiger charge is -2.26. The van der Waals surface area contributed by atoms with E-state index in [1.54, 1.807) is 24.3 Å². The summed E-state index contributed by atoms with van der Waals surface area (Å²) in [5, 5.41) is 11.6. The van der Waals surface area contributed by atoms with E-state index in [4.69, 9.17) is 25.2 Å². The van der Waals surface area contributed by atoms with Crippen molar-refractivity contribution in [3.8, 4) is 5.75 Å². The summed E-state index contributed by atoms with van der Waals surface area (Å²) >= 11 is 6.11. The van der Waals surface area contributed by atoms with Gasteiger partial charge in [-0.2, -0.15) is 0 Å². The molecule has 1 N–H and O–H groups in total. The van der Waals surface area contributed by atoms with Crippen molar-refractivity contribution >= 4 is 34.3 Å². The van der Waals surface area contributed by atoms with Crippen LogP contribution in [0, 0.1) is 0 Å². The number of aliphatic hydroxyl groups excluding tert-OH is 1. The molecule has 0 fully saturated rings. The Balaban J connectivity index is 1.78. The van der Waals surface area contributed by atoms with E-state index in [-0.39, 0.29) is 11.3 Å². The summed E-state index contributed by atoms with van der Waals surface area (Å²) in [5.41, 5.74) is 0.251. The third kappa shape index (κ3) is 3.68. The monoisotopic (exact) mass is 444 g/mol. The molecule has 1 aliphatic rings. The highest BCUT2D eigenvalue weighted by molar-refractivity contribution is 6.31. The predicted octanol–water partition coefficient (Wildman–Crippen LogP) is 3.83. The van der Waals surface area contributed by atoms with Gasteiger partial charge in [-0.05, 0) is 38.4 Å². The van der Waals surface area contributed by atoms with Crippen molar-refractivity contribution in [3.05, 3.63) is 64.5 Å². The number of rotatable bonds is 7. The molecule has 4 rings (SSSR count). The minimum absolute atomic E-state index is 0.0454. The number of ketones is 1. The molecule has 0 saturated heterocycles. The lowest BCUT2D eigenvalue weighted by Crippen LogP contribution is -2.36. The van der Waals surface area contributed by atoms with Gasteiger partial charge in [-0.25, -0.2) is 0 Å². The number of benzene rings is 1. The highest BCUT2D eigenvalue weighted by Gasteiger charge is 2.45. The van der Waals surface area contributed by atoms with Gasteiger partial charge < -0.3 is 28.5 Å². The van der Waals surface area contributed by atoms with Gasteiger partial charge in [0.05, 0.1) is 18.9 Å². The van der Waals surface area contributed by atoms with Gasteiger partial charge in [0.25, 0.3) is 5.91 Å². The van der Waals surface area contributed by atoms with Crippen molar-refractivity contribution in [2.75, 3.05) is 34.3 Å².